The van der Waals surface area contributed by atoms with E-state index in [1.54, 1.807) is 26.0 Å². The van der Waals surface area contributed by atoms with Crippen LogP contribution in [0.5, 0.6) is 5.75 Å². The summed E-state index contributed by atoms with van der Waals surface area (Å²) in [7, 11) is 0. The van der Waals surface area contributed by atoms with Gasteiger partial charge >= 0.3 is 0 Å². The van der Waals surface area contributed by atoms with E-state index in [-0.39, 0.29) is 11.7 Å². The Bertz CT molecular complexity index is 342. The van der Waals surface area contributed by atoms with Gasteiger partial charge in [0.25, 0.3) is 0 Å². The van der Waals surface area contributed by atoms with Crippen LogP contribution in [-0.2, 0) is 4.79 Å². The maximum Gasteiger partial charge on any atom is 0.243 e. The molecule has 1 aromatic rings. The number of phenolic OH excluding ortho intramolecular Hbond substituents is 1. The van der Waals surface area contributed by atoms with Gasteiger partial charge in [0.15, 0.2) is 0 Å². The number of hydrogen-bond acceptors (Lipinski definition) is 3. The molecular weight excluding hydrogens is 180 g/mol. The summed E-state index contributed by atoms with van der Waals surface area (Å²) < 4.78 is 0. The summed E-state index contributed by atoms with van der Waals surface area (Å²) in [5.41, 5.74) is 5.20. The first-order valence-corrected chi connectivity index (χ1v) is 4.29. The van der Waals surface area contributed by atoms with E-state index in [1.807, 2.05) is 0 Å². The molecule has 0 unspecified atom stereocenters. The number of hydrogen-bond donors (Lipinski definition) is 3. The average Bonchev–Trinajstić information content (AvgIpc) is 2.02. The van der Waals surface area contributed by atoms with Crippen LogP contribution in [0.4, 0.5) is 5.69 Å². The van der Waals surface area contributed by atoms with Crippen molar-refractivity contribution in [3.8, 4) is 5.75 Å². The van der Waals surface area contributed by atoms with Gasteiger partial charge in [0.1, 0.15) is 5.75 Å². The van der Waals surface area contributed by atoms with Crippen LogP contribution in [0, 0.1) is 0 Å². The highest BCUT2D eigenvalue weighted by Crippen LogP contribution is 2.16. The largest absolute Gasteiger partial charge is 0.508 e. The van der Waals surface area contributed by atoms with Gasteiger partial charge in [-0.3, -0.25) is 4.79 Å². The molecule has 14 heavy (non-hydrogen) atoms. The topological polar surface area (TPSA) is 75.4 Å². The van der Waals surface area contributed by atoms with Gasteiger partial charge in [-0.15, -0.1) is 0 Å². The lowest BCUT2D eigenvalue weighted by atomic mass is 10.1. The normalized spacial score (nSPS) is 11.1. The summed E-state index contributed by atoms with van der Waals surface area (Å²) in [6.45, 7) is 3.23. The van der Waals surface area contributed by atoms with E-state index in [2.05, 4.69) is 5.32 Å². The summed E-state index contributed by atoms with van der Waals surface area (Å²) in [6.07, 6.45) is 0. The summed E-state index contributed by atoms with van der Waals surface area (Å²) in [5.74, 6) is -0.180. The van der Waals surface area contributed by atoms with Crippen LogP contribution in [0.15, 0.2) is 24.3 Å². The molecule has 76 valence electrons. The molecule has 1 amide bonds. The second-order valence-electron chi connectivity index (χ2n) is 3.73. The minimum atomic E-state index is -0.925. The summed E-state index contributed by atoms with van der Waals surface area (Å²) in [6, 6.07) is 6.32. The Labute approximate surface area is 82.7 Å². The zero-order chi connectivity index (χ0) is 10.8. The van der Waals surface area contributed by atoms with Crippen LogP contribution >= 0.6 is 0 Å². The highest BCUT2D eigenvalue weighted by Gasteiger charge is 2.21. The zero-order valence-electron chi connectivity index (χ0n) is 8.24. The number of benzene rings is 1. The van der Waals surface area contributed by atoms with Gasteiger partial charge in [0.05, 0.1) is 5.54 Å². The lowest BCUT2D eigenvalue weighted by Gasteiger charge is -2.17. The van der Waals surface area contributed by atoms with Crippen LogP contribution in [0.25, 0.3) is 0 Å². The van der Waals surface area contributed by atoms with Crippen molar-refractivity contribution in [1.29, 1.82) is 0 Å². The van der Waals surface area contributed by atoms with Gasteiger partial charge in [-0.05, 0) is 26.0 Å². The van der Waals surface area contributed by atoms with Crippen molar-refractivity contribution in [2.24, 2.45) is 5.73 Å². The van der Waals surface area contributed by atoms with Crippen molar-refractivity contribution < 1.29 is 9.90 Å². The van der Waals surface area contributed by atoms with Gasteiger partial charge in [0.2, 0.25) is 5.91 Å². The minimum absolute atomic E-state index is 0.109. The molecule has 0 saturated carbocycles. The smallest absolute Gasteiger partial charge is 0.243 e. The van der Waals surface area contributed by atoms with Crippen LogP contribution < -0.4 is 11.1 Å². The molecule has 0 fully saturated rings. The highest BCUT2D eigenvalue weighted by atomic mass is 16.3. The molecule has 1 aromatic carbocycles. The molecule has 4 heteroatoms. The van der Waals surface area contributed by atoms with Crippen molar-refractivity contribution in [3.63, 3.8) is 0 Å². The number of carbonyl (C=O) groups is 1. The number of phenols is 1. The van der Waals surface area contributed by atoms with Crippen LogP contribution in [-0.4, -0.2) is 16.6 Å². The van der Waals surface area contributed by atoms with Crippen molar-refractivity contribution in [1.82, 2.24) is 0 Å². The molecule has 0 heterocycles. The van der Waals surface area contributed by atoms with Gasteiger partial charge in [-0.1, -0.05) is 6.07 Å². The van der Waals surface area contributed by atoms with Crippen molar-refractivity contribution in [3.05, 3.63) is 24.3 Å². The summed E-state index contributed by atoms with van der Waals surface area (Å²) >= 11 is 0. The van der Waals surface area contributed by atoms with E-state index in [4.69, 9.17) is 10.8 Å². The van der Waals surface area contributed by atoms with E-state index in [0.29, 0.717) is 5.69 Å². The summed E-state index contributed by atoms with van der Waals surface area (Å²) in [5, 5.41) is 11.7. The second kappa shape index (κ2) is 3.67. The Balaban J connectivity index is 2.75. The fourth-order valence-electron chi connectivity index (χ4n) is 0.876. The Morgan fingerprint density at radius 1 is 1.50 bits per heavy atom. The fraction of sp³-hybridized carbons (Fsp3) is 0.300. The first-order valence-electron chi connectivity index (χ1n) is 4.29. The van der Waals surface area contributed by atoms with Gasteiger partial charge in [-0.2, -0.15) is 0 Å². The fourth-order valence-corrected chi connectivity index (χ4v) is 0.876. The van der Waals surface area contributed by atoms with Gasteiger partial charge in [0, 0.05) is 11.8 Å². The number of rotatable bonds is 2. The molecule has 0 radical (unpaired) electrons. The number of nitrogens with one attached hydrogen (secondary N) is 1. The molecule has 0 spiro atoms. The van der Waals surface area contributed by atoms with Crippen molar-refractivity contribution in [2.45, 2.75) is 19.4 Å². The van der Waals surface area contributed by atoms with E-state index in [0.717, 1.165) is 0 Å². The van der Waals surface area contributed by atoms with E-state index in [1.165, 1.54) is 12.1 Å². The average molecular weight is 194 g/mol. The lowest BCUT2D eigenvalue weighted by molar-refractivity contribution is -0.120. The number of carbonyl (C=O) groups excluding carboxylic acids is 1. The van der Waals surface area contributed by atoms with E-state index >= 15 is 0 Å². The molecule has 4 N–H and O–H groups in total. The molecule has 0 saturated heterocycles. The third kappa shape index (κ3) is 2.74. The van der Waals surface area contributed by atoms with Gasteiger partial charge < -0.3 is 16.2 Å². The number of amides is 1. The summed E-state index contributed by atoms with van der Waals surface area (Å²) in [4.78, 5) is 11.4. The van der Waals surface area contributed by atoms with Crippen LogP contribution in [0.2, 0.25) is 0 Å². The second-order valence-corrected chi connectivity index (χ2v) is 3.73. The molecule has 0 aromatic heterocycles. The van der Waals surface area contributed by atoms with E-state index in [9.17, 15) is 4.79 Å². The monoisotopic (exact) mass is 194 g/mol. The standard InChI is InChI=1S/C10H14N2O2/c1-10(2,11)9(14)12-7-4-3-5-8(13)6-7/h3-6,13H,11H2,1-2H3,(H,12,14). The lowest BCUT2D eigenvalue weighted by Crippen LogP contribution is -2.45. The van der Waals surface area contributed by atoms with E-state index < -0.39 is 5.54 Å². The van der Waals surface area contributed by atoms with Gasteiger partial charge in [-0.25, -0.2) is 0 Å². The first-order chi connectivity index (χ1) is 6.39. The van der Waals surface area contributed by atoms with Crippen LogP contribution in [0.3, 0.4) is 0 Å². The molecule has 0 atom stereocenters. The first kappa shape index (κ1) is 10.5. The predicted molar refractivity (Wildman–Crippen MR) is 55.0 cm³/mol. The molecule has 1 rings (SSSR count). The van der Waals surface area contributed by atoms with Crippen LogP contribution in [0.1, 0.15) is 13.8 Å². The van der Waals surface area contributed by atoms with Crippen molar-refractivity contribution >= 4 is 11.6 Å². The Morgan fingerprint density at radius 3 is 2.64 bits per heavy atom. The molecule has 0 bridgehead atoms. The molecule has 0 aliphatic heterocycles. The number of nitrogens with two attached hydrogens (primary N) is 1. The maximum absolute atomic E-state index is 11.4. The number of aromatic hydroxyl groups is 1. The number of anilines is 1. The zero-order valence-corrected chi connectivity index (χ0v) is 8.24. The third-order valence-electron chi connectivity index (χ3n) is 1.69. The highest BCUT2D eigenvalue weighted by molar-refractivity contribution is 5.97. The maximum atomic E-state index is 11.4. The van der Waals surface area contributed by atoms with Crippen molar-refractivity contribution in [2.75, 3.05) is 5.32 Å². The molecule has 4 nitrogen and oxygen atoms in total. The Hall–Kier alpha value is -1.55. The Morgan fingerprint density at radius 2 is 2.14 bits per heavy atom. The quantitative estimate of drug-likeness (QED) is 0.659. The molecule has 0 aliphatic carbocycles. The Kier molecular flexibility index (Phi) is 2.76. The predicted octanol–water partition coefficient (Wildman–Crippen LogP) is 1.07. The SMILES string of the molecule is CC(C)(N)C(=O)Nc1cccc(O)c1. The molecule has 0 aliphatic rings. The molecular formula is C10H14N2O2. The minimum Gasteiger partial charge on any atom is -0.508 e. The third-order valence-corrected chi connectivity index (χ3v) is 1.69.